The van der Waals surface area contributed by atoms with Crippen LogP contribution >= 0.6 is 0 Å². The molecule has 0 radical (unpaired) electrons. The molecule has 1 aliphatic heterocycles. The van der Waals surface area contributed by atoms with Crippen LogP contribution in [0.4, 0.5) is 0 Å². The zero-order valence-corrected chi connectivity index (χ0v) is 18.9. The van der Waals surface area contributed by atoms with Crippen LogP contribution in [-0.4, -0.2) is 63.7 Å². The fraction of sp³-hybridized carbons (Fsp3) is 0.792. The average Bonchev–Trinajstić information content (AvgIpc) is 2.76. The number of esters is 1. The van der Waals surface area contributed by atoms with Crippen molar-refractivity contribution in [3.8, 4) is 0 Å². The van der Waals surface area contributed by atoms with Crippen LogP contribution in [0.5, 0.6) is 0 Å². The molecule has 4 N–H and O–H groups in total. The third-order valence-electron chi connectivity index (χ3n) is 5.43. The normalized spacial score (nSPS) is 26.7. The second kappa shape index (κ2) is 17.3. The first-order valence-electron chi connectivity index (χ1n) is 11.8. The van der Waals surface area contributed by atoms with Crippen LogP contribution in [0.3, 0.4) is 0 Å². The van der Waals surface area contributed by atoms with Crippen molar-refractivity contribution in [3.05, 3.63) is 24.3 Å². The molecular weight excluding hydrogens is 400 g/mol. The number of allylic oxidation sites excluding steroid dienone is 4. The molecule has 180 valence electrons. The van der Waals surface area contributed by atoms with Crippen LogP contribution in [0, 0.1) is 0 Å². The number of carbonyl (C=O) groups is 1. The monoisotopic (exact) mass is 442 g/mol. The van der Waals surface area contributed by atoms with Crippen molar-refractivity contribution in [1.29, 1.82) is 0 Å². The lowest BCUT2D eigenvalue weighted by Gasteiger charge is -2.39. The summed E-state index contributed by atoms with van der Waals surface area (Å²) in [4.78, 5) is 11.9. The molecule has 7 nitrogen and oxygen atoms in total. The Morgan fingerprint density at radius 3 is 2.10 bits per heavy atom. The standard InChI is InChI=1S/C24H42O7/c1-2-3-4-5-6-7-8-9-10-11-12-13-14-15-16-17-20(26)31-24-23(29)22(28)21(27)19(18-25)30-24/h6-7,9-10,19,21-25,27-29H,2-5,8,11-18H2,1H3/b7-6-,10-9-. The minimum Gasteiger partial charge on any atom is -0.433 e. The fourth-order valence-electron chi connectivity index (χ4n) is 3.43. The SMILES string of the molecule is CCCCC/C=C\C/C=C\CCCCCCCC(=O)OC1OC(CO)C(O)C(O)C1O. The van der Waals surface area contributed by atoms with Gasteiger partial charge in [0.2, 0.25) is 6.29 Å². The largest absolute Gasteiger partial charge is 0.433 e. The van der Waals surface area contributed by atoms with Crippen LogP contribution in [0.25, 0.3) is 0 Å². The predicted octanol–water partition coefficient (Wildman–Crippen LogP) is 3.14. The summed E-state index contributed by atoms with van der Waals surface area (Å²) in [5, 5.41) is 38.4. The van der Waals surface area contributed by atoms with Crippen molar-refractivity contribution >= 4 is 5.97 Å². The summed E-state index contributed by atoms with van der Waals surface area (Å²) in [5.41, 5.74) is 0. The van der Waals surface area contributed by atoms with E-state index < -0.39 is 43.3 Å². The van der Waals surface area contributed by atoms with Crippen LogP contribution in [0.1, 0.15) is 84.0 Å². The van der Waals surface area contributed by atoms with E-state index in [1.165, 1.54) is 25.7 Å². The molecule has 31 heavy (non-hydrogen) atoms. The first-order chi connectivity index (χ1) is 15.0. The molecule has 0 aromatic rings. The van der Waals surface area contributed by atoms with E-state index in [-0.39, 0.29) is 6.42 Å². The number of unbranched alkanes of at least 4 members (excludes halogenated alkanes) is 8. The van der Waals surface area contributed by atoms with E-state index in [2.05, 4.69) is 31.2 Å². The number of ether oxygens (including phenoxy) is 2. The molecule has 0 amide bonds. The second-order valence-electron chi connectivity index (χ2n) is 8.17. The van der Waals surface area contributed by atoms with Crippen molar-refractivity contribution < 1.29 is 34.7 Å². The van der Waals surface area contributed by atoms with Gasteiger partial charge in [-0.3, -0.25) is 4.79 Å². The van der Waals surface area contributed by atoms with Crippen molar-refractivity contribution in [1.82, 2.24) is 0 Å². The van der Waals surface area contributed by atoms with Gasteiger partial charge in [0.05, 0.1) is 6.61 Å². The molecule has 0 aromatic carbocycles. The second-order valence-corrected chi connectivity index (χ2v) is 8.17. The lowest BCUT2D eigenvalue weighted by Crippen LogP contribution is -2.59. The number of hydrogen-bond acceptors (Lipinski definition) is 7. The van der Waals surface area contributed by atoms with Gasteiger partial charge >= 0.3 is 5.97 Å². The molecule has 0 bridgehead atoms. The summed E-state index contributed by atoms with van der Waals surface area (Å²) in [5.74, 6) is -0.532. The van der Waals surface area contributed by atoms with E-state index >= 15 is 0 Å². The zero-order chi connectivity index (χ0) is 22.9. The van der Waals surface area contributed by atoms with Gasteiger partial charge in [-0.1, -0.05) is 63.3 Å². The highest BCUT2D eigenvalue weighted by Gasteiger charge is 2.45. The Labute approximate surface area is 186 Å². The number of rotatable bonds is 16. The Balaban J connectivity index is 2.03. The summed E-state index contributed by atoms with van der Waals surface area (Å²) >= 11 is 0. The van der Waals surface area contributed by atoms with Crippen LogP contribution in [0.15, 0.2) is 24.3 Å². The van der Waals surface area contributed by atoms with Gasteiger partial charge in [-0.15, -0.1) is 0 Å². The number of carbonyl (C=O) groups excluding carboxylic acids is 1. The van der Waals surface area contributed by atoms with Gasteiger partial charge < -0.3 is 29.9 Å². The maximum atomic E-state index is 11.9. The lowest BCUT2D eigenvalue weighted by atomic mass is 9.99. The predicted molar refractivity (Wildman–Crippen MR) is 119 cm³/mol. The number of aliphatic hydroxyl groups is 4. The number of hydrogen-bond donors (Lipinski definition) is 4. The summed E-state index contributed by atoms with van der Waals surface area (Å²) in [7, 11) is 0. The fourth-order valence-corrected chi connectivity index (χ4v) is 3.43. The maximum absolute atomic E-state index is 11.9. The quantitative estimate of drug-likeness (QED) is 0.165. The van der Waals surface area contributed by atoms with Gasteiger partial charge in [-0.2, -0.15) is 0 Å². The molecular formula is C24H42O7. The van der Waals surface area contributed by atoms with E-state index in [0.29, 0.717) is 6.42 Å². The molecule has 1 heterocycles. The molecule has 1 aliphatic rings. The van der Waals surface area contributed by atoms with Crippen molar-refractivity contribution in [2.45, 2.75) is 115 Å². The molecule has 7 heteroatoms. The Kier molecular flexibility index (Phi) is 15.5. The van der Waals surface area contributed by atoms with E-state index in [0.717, 1.165) is 38.5 Å². The van der Waals surface area contributed by atoms with Crippen LogP contribution < -0.4 is 0 Å². The summed E-state index contributed by atoms with van der Waals surface area (Å²) in [6, 6.07) is 0. The lowest BCUT2D eigenvalue weighted by molar-refractivity contribution is -0.292. The third-order valence-corrected chi connectivity index (χ3v) is 5.43. The molecule has 0 aliphatic carbocycles. The first-order valence-corrected chi connectivity index (χ1v) is 11.8. The third kappa shape index (κ3) is 11.8. The molecule has 1 rings (SSSR count). The van der Waals surface area contributed by atoms with E-state index in [1.54, 1.807) is 0 Å². The van der Waals surface area contributed by atoms with Gasteiger partial charge in [0, 0.05) is 6.42 Å². The van der Waals surface area contributed by atoms with Crippen molar-refractivity contribution in [3.63, 3.8) is 0 Å². The number of aliphatic hydroxyl groups excluding tert-OH is 4. The molecule has 0 spiro atoms. The van der Waals surface area contributed by atoms with E-state index in [9.17, 15) is 20.1 Å². The Morgan fingerprint density at radius 1 is 0.839 bits per heavy atom. The minimum atomic E-state index is -1.55. The molecule has 0 aromatic heterocycles. The molecule has 0 saturated carbocycles. The summed E-state index contributed by atoms with van der Waals surface area (Å²) < 4.78 is 10.2. The van der Waals surface area contributed by atoms with Gasteiger partial charge in [-0.25, -0.2) is 0 Å². The Bertz CT molecular complexity index is 518. The zero-order valence-electron chi connectivity index (χ0n) is 18.9. The summed E-state index contributed by atoms with van der Waals surface area (Å²) in [6.07, 6.45) is 14.1. The van der Waals surface area contributed by atoms with Crippen molar-refractivity contribution in [2.75, 3.05) is 6.61 Å². The molecule has 5 unspecified atom stereocenters. The van der Waals surface area contributed by atoms with Gasteiger partial charge in [0.15, 0.2) is 0 Å². The van der Waals surface area contributed by atoms with E-state index in [1.807, 2.05) is 0 Å². The first kappa shape index (κ1) is 27.8. The van der Waals surface area contributed by atoms with Crippen molar-refractivity contribution in [2.24, 2.45) is 0 Å². The average molecular weight is 443 g/mol. The Hall–Kier alpha value is -1.25. The minimum absolute atomic E-state index is 0.194. The smallest absolute Gasteiger partial charge is 0.308 e. The molecule has 1 fully saturated rings. The molecule has 1 saturated heterocycles. The maximum Gasteiger partial charge on any atom is 0.308 e. The van der Waals surface area contributed by atoms with Crippen LogP contribution in [-0.2, 0) is 14.3 Å². The highest BCUT2D eigenvalue weighted by molar-refractivity contribution is 5.69. The topological polar surface area (TPSA) is 116 Å². The summed E-state index contributed by atoms with van der Waals surface area (Å²) in [6.45, 7) is 1.67. The molecule has 5 atom stereocenters. The highest BCUT2D eigenvalue weighted by atomic mass is 16.7. The highest BCUT2D eigenvalue weighted by Crippen LogP contribution is 2.22. The van der Waals surface area contributed by atoms with Crippen LogP contribution in [0.2, 0.25) is 0 Å². The Morgan fingerprint density at radius 2 is 1.45 bits per heavy atom. The van der Waals surface area contributed by atoms with Gasteiger partial charge in [-0.05, 0) is 38.5 Å². The van der Waals surface area contributed by atoms with E-state index in [4.69, 9.17) is 14.6 Å². The van der Waals surface area contributed by atoms with Gasteiger partial charge in [0.25, 0.3) is 0 Å². The van der Waals surface area contributed by atoms with Gasteiger partial charge in [0.1, 0.15) is 24.4 Å².